The molecule has 1 aromatic heterocycles. The highest BCUT2D eigenvalue weighted by molar-refractivity contribution is 6.44. The average Bonchev–Trinajstić information content (AvgIpc) is 2.99. The van der Waals surface area contributed by atoms with Gasteiger partial charge in [0.05, 0.1) is 12.2 Å². The first-order chi connectivity index (χ1) is 10.8. The van der Waals surface area contributed by atoms with E-state index >= 15 is 0 Å². The fraction of sp³-hybridized carbons (Fsp3) is 0.0588. The summed E-state index contributed by atoms with van der Waals surface area (Å²) in [6, 6.07) is 16.7. The van der Waals surface area contributed by atoms with E-state index in [1.807, 2.05) is 48.5 Å². The van der Waals surface area contributed by atoms with E-state index in [1.165, 1.54) is 6.20 Å². The number of amides is 1. The van der Waals surface area contributed by atoms with Crippen molar-refractivity contribution in [3.05, 3.63) is 71.9 Å². The van der Waals surface area contributed by atoms with Crippen molar-refractivity contribution < 1.29 is 14.4 Å². The van der Waals surface area contributed by atoms with Crippen LogP contribution >= 0.6 is 0 Å². The zero-order chi connectivity index (χ0) is 15.4. The van der Waals surface area contributed by atoms with Crippen LogP contribution in [0.15, 0.2) is 60.8 Å². The molecule has 3 aromatic rings. The quantitative estimate of drug-likeness (QED) is 0.431. The highest BCUT2D eigenvalue weighted by atomic mass is 16.7. The minimum absolute atomic E-state index is 0.202. The molecule has 5 heteroatoms. The Labute approximate surface area is 126 Å². The Kier molecular flexibility index (Phi) is 3.98. The van der Waals surface area contributed by atoms with E-state index in [4.69, 9.17) is 4.84 Å². The predicted molar refractivity (Wildman–Crippen MR) is 82.0 cm³/mol. The monoisotopic (exact) mass is 294 g/mol. The van der Waals surface area contributed by atoms with Gasteiger partial charge in [0.2, 0.25) is 0 Å². The van der Waals surface area contributed by atoms with Gasteiger partial charge in [0.15, 0.2) is 0 Å². The van der Waals surface area contributed by atoms with Crippen LogP contribution in [0.2, 0.25) is 0 Å². The van der Waals surface area contributed by atoms with Gasteiger partial charge in [-0.3, -0.25) is 14.4 Å². The topological polar surface area (TPSA) is 71.2 Å². The maximum absolute atomic E-state index is 12.2. The molecule has 110 valence electrons. The Balaban J connectivity index is 1.64. The molecule has 3 rings (SSSR count). The number of rotatable bonds is 5. The number of hydrogen-bond donors (Lipinski definition) is 2. The third-order valence-electron chi connectivity index (χ3n) is 3.29. The van der Waals surface area contributed by atoms with E-state index < -0.39 is 11.7 Å². The Bertz CT molecular complexity index is 809. The van der Waals surface area contributed by atoms with Gasteiger partial charge in [-0.2, -0.15) is 0 Å². The minimum atomic E-state index is -0.791. The molecule has 0 saturated carbocycles. The zero-order valence-corrected chi connectivity index (χ0v) is 11.7. The van der Waals surface area contributed by atoms with Crippen molar-refractivity contribution in [3.8, 4) is 0 Å². The summed E-state index contributed by atoms with van der Waals surface area (Å²) in [5, 5.41) is 0.714. The number of aromatic nitrogens is 1. The van der Waals surface area contributed by atoms with Crippen molar-refractivity contribution in [2.24, 2.45) is 0 Å². The first-order valence-electron chi connectivity index (χ1n) is 6.82. The van der Waals surface area contributed by atoms with Gasteiger partial charge in [-0.05, 0) is 11.6 Å². The van der Waals surface area contributed by atoms with Gasteiger partial charge >= 0.3 is 5.91 Å². The number of carbonyl (C=O) groups excluding carboxylic acids is 2. The van der Waals surface area contributed by atoms with Crippen LogP contribution < -0.4 is 5.48 Å². The summed E-state index contributed by atoms with van der Waals surface area (Å²) in [6.07, 6.45) is 1.53. The fourth-order valence-electron chi connectivity index (χ4n) is 2.19. The van der Waals surface area contributed by atoms with Crippen LogP contribution in [0, 0.1) is 0 Å². The predicted octanol–water partition coefficient (Wildman–Crippen LogP) is 2.60. The summed E-state index contributed by atoms with van der Waals surface area (Å²) < 4.78 is 0. The number of benzene rings is 2. The van der Waals surface area contributed by atoms with Gasteiger partial charge in [0, 0.05) is 17.1 Å². The van der Waals surface area contributed by atoms with Gasteiger partial charge in [-0.1, -0.05) is 48.5 Å². The highest BCUT2D eigenvalue weighted by Crippen LogP contribution is 2.18. The SMILES string of the molecule is O=C(NOCc1ccccc1)C(=O)c1c[nH]c2ccccc12. The van der Waals surface area contributed by atoms with Gasteiger partial charge in [-0.25, -0.2) is 5.48 Å². The number of para-hydroxylation sites is 1. The van der Waals surface area contributed by atoms with Crippen LogP contribution in [0.25, 0.3) is 10.9 Å². The number of carbonyl (C=O) groups is 2. The second-order valence-electron chi connectivity index (χ2n) is 4.78. The molecule has 0 saturated heterocycles. The highest BCUT2D eigenvalue weighted by Gasteiger charge is 2.19. The van der Waals surface area contributed by atoms with Crippen LogP contribution in [0.5, 0.6) is 0 Å². The number of nitrogens with one attached hydrogen (secondary N) is 2. The maximum Gasteiger partial charge on any atom is 0.315 e. The summed E-state index contributed by atoms with van der Waals surface area (Å²) in [5.41, 5.74) is 4.23. The van der Waals surface area contributed by atoms with Crippen LogP contribution in [0.1, 0.15) is 15.9 Å². The third kappa shape index (κ3) is 2.89. The molecule has 0 bridgehead atoms. The second kappa shape index (κ2) is 6.24. The number of hydrogen-bond acceptors (Lipinski definition) is 3. The lowest BCUT2D eigenvalue weighted by Gasteiger charge is -2.05. The molecular formula is C17H14N2O3. The van der Waals surface area contributed by atoms with Gasteiger partial charge < -0.3 is 4.98 Å². The molecule has 2 aromatic carbocycles. The largest absolute Gasteiger partial charge is 0.360 e. The van der Waals surface area contributed by atoms with Crippen molar-refractivity contribution in [3.63, 3.8) is 0 Å². The number of hydroxylamine groups is 1. The molecule has 0 unspecified atom stereocenters. The molecule has 22 heavy (non-hydrogen) atoms. The van der Waals surface area contributed by atoms with Crippen molar-refractivity contribution in [2.75, 3.05) is 0 Å². The maximum atomic E-state index is 12.2. The van der Waals surface area contributed by atoms with E-state index in [9.17, 15) is 9.59 Å². The molecule has 0 aliphatic carbocycles. The average molecular weight is 294 g/mol. The third-order valence-corrected chi connectivity index (χ3v) is 3.29. The van der Waals surface area contributed by atoms with Crippen LogP contribution in [0.3, 0.4) is 0 Å². The molecular weight excluding hydrogens is 280 g/mol. The lowest BCUT2D eigenvalue weighted by Crippen LogP contribution is -2.31. The molecule has 5 nitrogen and oxygen atoms in total. The summed E-state index contributed by atoms with van der Waals surface area (Å²) in [6.45, 7) is 0.202. The van der Waals surface area contributed by atoms with E-state index in [2.05, 4.69) is 10.5 Å². The van der Waals surface area contributed by atoms with E-state index in [0.717, 1.165) is 11.1 Å². The molecule has 0 atom stereocenters. The second-order valence-corrected chi connectivity index (χ2v) is 4.78. The first-order valence-corrected chi connectivity index (χ1v) is 6.82. The van der Waals surface area contributed by atoms with Gasteiger partial charge in [-0.15, -0.1) is 0 Å². The van der Waals surface area contributed by atoms with Crippen LogP contribution in [-0.4, -0.2) is 16.7 Å². The lowest BCUT2D eigenvalue weighted by atomic mass is 10.1. The molecule has 1 amide bonds. The first kappa shape index (κ1) is 14.0. The Morgan fingerprint density at radius 3 is 2.55 bits per heavy atom. The molecule has 1 heterocycles. The number of H-pyrrole nitrogens is 1. The Morgan fingerprint density at radius 1 is 1.00 bits per heavy atom. The molecule has 0 aliphatic heterocycles. The Hall–Kier alpha value is -2.92. The van der Waals surface area contributed by atoms with Crippen LogP contribution in [0.4, 0.5) is 0 Å². The van der Waals surface area contributed by atoms with E-state index in [1.54, 1.807) is 6.07 Å². The normalized spacial score (nSPS) is 10.5. The van der Waals surface area contributed by atoms with Crippen molar-refractivity contribution in [1.29, 1.82) is 0 Å². The van der Waals surface area contributed by atoms with Gasteiger partial charge in [0.1, 0.15) is 0 Å². The molecule has 0 spiro atoms. The van der Waals surface area contributed by atoms with Crippen molar-refractivity contribution in [1.82, 2.24) is 10.5 Å². The van der Waals surface area contributed by atoms with E-state index in [0.29, 0.717) is 10.9 Å². The number of fused-ring (bicyclic) bond motifs is 1. The number of aromatic amines is 1. The standard InChI is InChI=1S/C17H14N2O3/c20-16(14-10-18-15-9-5-4-8-13(14)15)17(21)19-22-11-12-6-2-1-3-7-12/h1-10,18H,11H2,(H,19,21). The molecule has 0 radical (unpaired) electrons. The zero-order valence-electron chi connectivity index (χ0n) is 11.7. The van der Waals surface area contributed by atoms with Crippen molar-refractivity contribution in [2.45, 2.75) is 6.61 Å². The van der Waals surface area contributed by atoms with Gasteiger partial charge in [0.25, 0.3) is 5.78 Å². The smallest absolute Gasteiger partial charge is 0.315 e. The van der Waals surface area contributed by atoms with Crippen LogP contribution in [-0.2, 0) is 16.2 Å². The molecule has 0 aliphatic rings. The summed E-state index contributed by atoms with van der Waals surface area (Å²) in [4.78, 5) is 32.1. The summed E-state index contributed by atoms with van der Waals surface area (Å²) in [5.74, 6) is -1.42. The lowest BCUT2D eigenvalue weighted by molar-refractivity contribution is -0.129. The number of Topliss-reactive ketones (excluding diaryl/α,β-unsaturated/α-hetero) is 1. The fourth-order valence-corrected chi connectivity index (χ4v) is 2.19. The number of ketones is 1. The Morgan fingerprint density at radius 2 is 1.73 bits per heavy atom. The summed E-state index contributed by atoms with van der Waals surface area (Å²) in [7, 11) is 0. The van der Waals surface area contributed by atoms with Crippen molar-refractivity contribution >= 4 is 22.6 Å². The molecule has 0 fully saturated rings. The van der Waals surface area contributed by atoms with E-state index in [-0.39, 0.29) is 6.61 Å². The minimum Gasteiger partial charge on any atom is -0.360 e. The summed E-state index contributed by atoms with van der Waals surface area (Å²) >= 11 is 0. The molecule has 2 N–H and O–H groups in total.